The summed E-state index contributed by atoms with van der Waals surface area (Å²) in [5.74, 6) is -1.82. The molecule has 2 aromatic carbocycles. The molecule has 0 aromatic heterocycles. The summed E-state index contributed by atoms with van der Waals surface area (Å²) in [6.45, 7) is 0. The molecule has 0 fully saturated rings. The van der Waals surface area contributed by atoms with Crippen molar-refractivity contribution in [2.75, 3.05) is 11.1 Å². The summed E-state index contributed by atoms with van der Waals surface area (Å²) >= 11 is 5.69. The van der Waals surface area contributed by atoms with E-state index in [9.17, 15) is 10.2 Å². The maximum atomic E-state index is 10.1. The number of nitrogen functional groups attached to an aromatic ring is 1. The number of halogens is 1. The molecule has 0 radical (unpaired) electrons. The maximum Gasteiger partial charge on any atom is 0.272 e. The molecule has 0 saturated carbocycles. The van der Waals surface area contributed by atoms with Gasteiger partial charge in [-0.1, -0.05) is 36.4 Å². The van der Waals surface area contributed by atoms with Crippen molar-refractivity contribution in [2.24, 2.45) is 0 Å². The van der Waals surface area contributed by atoms with Crippen LogP contribution in [0.1, 0.15) is 11.1 Å². The van der Waals surface area contributed by atoms with Crippen LogP contribution >= 0.6 is 11.6 Å². The number of aliphatic hydroxyl groups is 2. The molecule has 5 N–H and O–H groups in total. The third kappa shape index (κ3) is 3.17. The summed E-state index contributed by atoms with van der Waals surface area (Å²) in [5, 5.41) is 22.8. The van der Waals surface area contributed by atoms with Gasteiger partial charge in [-0.3, -0.25) is 0 Å². The SMILES string of the molecule is Nc1ccccc1NC(O)(O)c1ccc(CCl)cc1. The zero-order valence-electron chi connectivity index (χ0n) is 10.2. The van der Waals surface area contributed by atoms with Crippen LogP contribution in [0.5, 0.6) is 0 Å². The van der Waals surface area contributed by atoms with Crippen molar-refractivity contribution in [3.8, 4) is 0 Å². The summed E-state index contributed by atoms with van der Waals surface area (Å²) in [4.78, 5) is 0. The van der Waals surface area contributed by atoms with E-state index in [4.69, 9.17) is 17.3 Å². The molecule has 4 nitrogen and oxygen atoms in total. The molecule has 0 saturated heterocycles. The lowest BCUT2D eigenvalue weighted by molar-refractivity contribution is -0.143. The molecule has 0 aliphatic rings. The Hall–Kier alpha value is -1.75. The molecule has 2 aromatic rings. The molecule has 19 heavy (non-hydrogen) atoms. The van der Waals surface area contributed by atoms with Crippen LogP contribution in [0, 0.1) is 0 Å². The van der Waals surface area contributed by atoms with Gasteiger partial charge in [0.1, 0.15) is 0 Å². The van der Waals surface area contributed by atoms with Crippen LogP contribution < -0.4 is 11.1 Å². The minimum Gasteiger partial charge on any atom is -0.397 e. The minimum atomic E-state index is -2.19. The Labute approximate surface area is 116 Å². The van der Waals surface area contributed by atoms with Crippen molar-refractivity contribution in [3.63, 3.8) is 0 Å². The Morgan fingerprint density at radius 1 is 1.05 bits per heavy atom. The minimum absolute atomic E-state index is 0.310. The van der Waals surface area contributed by atoms with Gasteiger partial charge in [0.05, 0.1) is 11.4 Å². The van der Waals surface area contributed by atoms with Gasteiger partial charge in [-0.25, -0.2) is 0 Å². The Morgan fingerprint density at radius 2 is 1.68 bits per heavy atom. The number of para-hydroxylation sites is 2. The van der Waals surface area contributed by atoms with Gasteiger partial charge in [0.2, 0.25) is 0 Å². The topological polar surface area (TPSA) is 78.5 Å². The van der Waals surface area contributed by atoms with E-state index in [0.717, 1.165) is 5.56 Å². The smallest absolute Gasteiger partial charge is 0.272 e. The normalized spacial score (nSPS) is 11.3. The second kappa shape index (κ2) is 5.48. The monoisotopic (exact) mass is 278 g/mol. The van der Waals surface area contributed by atoms with Crippen LogP contribution in [-0.4, -0.2) is 10.2 Å². The number of nitrogens with one attached hydrogen (secondary N) is 1. The standard InChI is InChI=1S/C14H15ClN2O2/c15-9-10-5-7-11(8-6-10)14(18,19)17-13-4-2-1-3-12(13)16/h1-8,17-19H,9,16H2. The second-order valence-electron chi connectivity index (χ2n) is 4.22. The fourth-order valence-electron chi connectivity index (χ4n) is 1.70. The Kier molecular flexibility index (Phi) is 3.95. The van der Waals surface area contributed by atoms with Gasteiger partial charge < -0.3 is 21.3 Å². The zero-order chi connectivity index (χ0) is 13.9. The average molecular weight is 279 g/mol. The molecule has 0 spiro atoms. The molecule has 0 atom stereocenters. The van der Waals surface area contributed by atoms with Gasteiger partial charge in [0.15, 0.2) is 0 Å². The molecule has 2 rings (SSSR count). The summed E-state index contributed by atoms with van der Waals surface area (Å²) in [5.41, 5.74) is 7.85. The van der Waals surface area contributed by atoms with Crippen LogP contribution in [0.4, 0.5) is 11.4 Å². The number of nitrogens with two attached hydrogens (primary N) is 1. The van der Waals surface area contributed by atoms with Crippen molar-refractivity contribution in [1.29, 1.82) is 0 Å². The van der Waals surface area contributed by atoms with Gasteiger partial charge in [0.25, 0.3) is 5.91 Å². The highest BCUT2D eigenvalue weighted by atomic mass is 35.5. The highest BCUT2D eigenvalue weighted by molar-refractivity contribution is 6.17. The van der Waals surface area contributed by atoms with E-state index in [0.29, 0.717) is 22.8 Å². The number of benzene rings is 2. The van der Waals surface area contributed by atoms with Gasteiger partial charge in [-0.2, -0.15) is 0 Å². The fraction of sp³-hybridized carbons (Fsp3) is 0.143. The van der Waals surface area contributed by atoms with E-state index in [1.807, 2.05) is 0 Å². The van der Waals surface area contributed by atoms with Crippen LogP contribution in [0.2, 0.25) is 0 Å². The van der Waals surface area contributed by atoms with Crippen LogP contribution in [0.15, 0.2) is 48.5 Å². The van der Waals surface area contributed by atoms with Gasteiger partial charge >= 0.3 is 0 Å². The Bertz CT molecular complexity index is 556. The van der Waals surface area contributed by atoms with Crippen molar-refractivity contribution >= 4 is 23.0 Å². The van der Waals surface area contributed by atoms with E-state index in [2.05, 4.69) is 5.32 Å². The van der Waals surface area contributed by atoms with Crippen molar-refractivity contribution in [1.82, 2.24) is 0 Å². The summed E-state index contributed by atoms with van der Waals surface area (Å²) in [7, 11) is 0. The predicted octanol–water partition coefficient (Wildman–Crippen LogP) is 2.21. The summed E-state index contributed by atoms with van der Waals surface area (Å²) in [6.07, 6.45) is 0. The first-order valence-electron chi connectivity index (χ1n) is 5.76. The average Bonchev–Trinajstić information content (AvgIpc) is 2.41. The number of hydrogen-bond acceptors (Lipinski definition) is 4. The van der Waals surface area contributed by atoms with Crippen molar-refractivity contribution in [2.45, 2.75) is 11.8 Å². The molecule has 0 bridgehead atoms. The van der Waals surface area contributed by atoms with E-state index >= 15 is 0 Å². The lowest BCUT2D eigenvalue weighted by Crippen LogP contribution is -2.34. The van der Waals surface area contributed by atoms with Gasteiger partial charge in [-0.05, 0) is 17.7 Å². The maximum absolute atomic E-state index is 10.1. The summed E-state index contributed by atoms with van der Waals surface area (Å²) in [6, 6.07) is 13.5. The molecule has 0 amide bonds. The lowest BCUT2D eigenvalue weighted by atomic mass is 10.1. The summed E-state index contributed by atoms with van der Waals surface area (Å²) < 4.78 is 0. The largest absolute Gasteiger partial charge is 0.397 e. The number of rotatable bonds is 4. The van der Waals surface area contributed by atoms with Crippen molar-refractivity contribution in [3.05, 3.63) is 59.7 Å². The van der Waals surface area contributed by atoms with Crippen LogP contribution in [0.3, 0.4) is 0 Å². The van der Waals surface area contributed by atoms with Gasteiger partial charge in [-0.15, -0.1) is 11.6 Å². The number of anilines is 2. The van der Waals surface area contributed by atoms with Gasteiger partial charge in [0, 0.05) is 11.4 Å². The molecule has 100 valence electrons. The van der Waals surface area contributed by atoms with E-state index in [1.165, 1.54) is 0 Å². The molecule has 0 aliphatic heterocycles. The van der Waals surface area contributed by atoms with Crippen LogP contribution in [-0.2, 0) is 11.8 Å². The second-order valence-corrected chi connectivity index (χ2v) is 4.48. The predicted molar refractivity (Wildman–Crippen MR) is 76.6 cm³/mol. The highest BCUT2D eigenvalue weighted by Crippen LogP contribution is 2.25. The molecule has 0 unspecified atom stereocenters. The fourth-order valence-corrected chi connectivity index (χ4v) is 1.88. The highest BCUT2D eigenvalue weighted by Gasteiger charge is 2.26. The van der Waals surface area contributed by atoms with E-state index in [-0.39, 0.29) is 0 Å². The first-order chi connectivity index (χ1) is 9.03. The zero-order valence-corrected chi connectivity index (χ0v) is 10.9. The first kappa shape index (κ1) is 13.7. The van der Waals surface area contributed by atoms with Crippen LogP contribution in [0.25, 0.3) is 0 Å². The lowest BCUT2D eigenvalue weighted by Gasteiger charge is -2.25. The molecular formula is C14H15ClN2O2. The molecule has 0 aliphatic carbocycles. The Morgan fingerprint density at radius 3 is 2.26 bits per heavy atom. The molecular weight excluding hydrogens is 264 g/mol. The third-order valence-electron chi connectivity index (χ3n) is 2.78. The number of hydrogen-bond donors (Lipinski definition) is 4. The van der Waals surface area contributed by atoms with E-state index < -0.39 is 5.91 Å². The quantitative estimate of drug-likeness (QED) is 0.393. The molecule has 5 heteroatoms. The Balaban J connectivity index is 2.24. The molecule has 0 heterocycles. The van der Waals surface area contributed by atoms with E-state index in [1.54, 1.807) is 48.5 Å². The number of alkyl halides is 1. The third-order valence-corrected chi connectivity index (χ3v) is 3.09. The van der Waals surface area contributed by atoms with Crippen molar-refractivity contribution < 1.29 is 10.2 Å². The first-order valence-corrected chi connectivity index (χ1v) is 6.29.